The summed E-state index contributed by atoms with van der Waals surface area (Å²) < 4.78 is 14.7. The van der Waals surface area contributed by atoms with Gasteiger partial charge in [-0.1, -0.05) is 30.0 Å². The van der Waals surface area contributed by atoms with Gasteiger partial charge in [-0.05, 0) is 55.8 Å². The van der Waals surface area contributed by atoms with Crippen LogP contribution in [0.2, 0.25) is 0 Å². The van der Waals surface area contributed by atoms with Crippen molar-refractivity contribution >= 4 is 39.1 Å². The van der Waals surface area contributed by atoms with E-state index >= 15 is 0 Å². The van der Waals surface area contributed by atoms with Gasteiger partial charge in [0.1, 0.15) is 10.6 Å². The summed E-state index contributed by atoms with van der Waals surface area (Å²) in [6, 6.07) is 14.7. The SMILES string of the molecule is Cc1sc2nc(SCC(=O)c3ccc(F)cc3)n(-c3ccccc3)c(=O)c2c1C. The first-order valence-electron chi connectivity index (χ1n) is 8.95. The van der Waals surface area contributed by atoms with Crippen LogP contribution in [0.3, 0.4) is 0 Å². The van der Waals surface area contributed by atoms with Crippen LogP contribution in [0.5, 0.6) is 0 Å². The van der Waals surface area contributed by atoms with Crippen LogP contribution >= 0.6 is 23.1 Å². The van der Waals surface area contributed by atoms with E-state index in [-0.39, 0.29) is 22.9 Å². The highest BCUT2D eigenvalue weighted by Crippen LogP contribution is 2.29. The average molecular weight is 425 g/mol. The van der Waals surface area contributed by atoms with Crippen LogP contribution in [0.1, 0.15) is 20.8 Å². The summed E-state index contributed by atoms with van der Waals surface area (Å²) in [4.78, 5) is 32.3. The first-order valence-corrected chi connectivity index (χ1v) is 10.8. The van der Waals surface area contributed by atoms with Gasteiger partial charge in [0.05, 0.1) is 16.8 Å². The number of hydrogen-bond donors (Lipinski definition) is 0. The molecule has 0 saturated carbocycles. The normalized spacial score (nSPS) is 11.1. The van der Waals surface area contributed by atoms with Crippen molar-refractivity contribution in [3.63, 3.8) is 0 Å². The van der Waals surface area contributed by atoms with Crippen LogP contribution in [-0.4, -0.2) is 21.1 Å². The predicted molar refractivity (Wildman–Crippen MR) is 116 cm³/mol. The molecule has 0 unspecified atom stereocenters. The summed E-state index contributed by atoms with van der Waals surface area (Å²) in [6.07, 6.45) is 0. The Hall–Kier alpha value is -2.77. The Bertz CT molecular complexity index is 1260. The van der Waals surface area contributed by atoms with E-state index in [0.29, 0.717) is 26.6 Å². The second kappa shape index (κ2) is 7.93. The van der Waals surface area contributed by atoms with Crippen LogP contribution < -0.4 is 5.56 Å². The number of benzene rings is 2. The Morgan fingerprint density at radius 1 is 1.10 bits per heavy atom. The molecule has 7 heteroatoms. The van der Waals surface area contributed by atoms with E-state index < -0.39 is 0 Å². The Morgan fingerprint density at radius 2 is 1.79 bits per heavy atom. The quantitative estimate of drug-likeness (QED) is 0.252. The number of halogens is 1. The topological polar surface area (TPSA) is 52.0 Å². The Balaban J connectivity index is 1.77. The number of aryl methyl sites for hydroxylation is 2. The summed E-state index contributed by atoms with van der Waals surface area (Å²) >= 11 is 2.69. The minimum atomic E-state index is -0.386. The van der Waals surface area contributed by atoms with Gasteiger partial charge in [0.25, 0.3) is 5.56 Å². The van der Waals surface area contributed by atoms with E-state index in [9.17, 15) is 14.0 Å². The van der Waals surface area contributed by atoms with Gasteiger partial charge in [-0.3, -0.25) is 14.2 Å². The highest BCUT2D eigenvalue weighted by Gasteiger charge is 2.19. The highest BCUT2D eigenvalue weighted by molar-refractivity contribution is 7.99. The van der Waals surface area contributed by atoms with E-state index in [2.05, 4.69) is 0 Å². The van der Waals surface area contributed by atoms with Gasteiger partial charge in [0, 0.05) is 10.4 Å². The molecule has 0 N–H and O–H groups in total. The molecule has 4 aromatic rings. The number of hydrogen-bond acceptors (Lipinski definition) is 5. The zero-order valence-corrected chi connectivity index (χ0v) is 17.4. The number of thioether (sulfide) groups is 1. The third-order valence-corrected chi connectivity index (χ3v) is 6.72. The molecule has 4 rings (SSSR count). The lowest BCUT2D eigenvalue weighted by atomic mass is 10.1. The van der Waals surface area contributed by atoms with Crippen LogP contribution in [-0.2, 0) is 0 Å². The Morgan fingerprint density at radius 3 is 2.48 bits per heavy atom. The third kappa shape index (κ3) is 3.75. The lowest BCUT2D eigenvalue weighted by molar-refractivity contribution is 0.102. The smallest absolute Gasteiger partial charge is 0.267 e. The predicted octanol–water partition coefficient (Wildman–Crippen LogP) is 5.18. The van der Waals surface area contributed by atoms with Crippen LogP contribution in [0.15, 0.2) is 64.5 Å². The zero-order valence-electron chi connectivity index (χ0n) is 15.8. The van der Waals surface area contributed by atoms with Crippen molar-refractivity contribution in [3.8, 4) is 5.69 Å². The van der Waals surface area contributed by atoms with Crippen molar-refractivity contribution in [3.05, 3.63) is 86.8 Å². The number of ketones is 1. The lowest BCUT2D eigenvalue weighted by Gasteiger charge is -2.12. The molecular formula is C22H17FN2O2S2. The van der Waals surface area contributed by atoms with E-state index in [1.165, 1.54) is 47.4 Å². The van der Waals surface area contributed by atoms with Gasteiger partial charge in [-0.2, -0.15) is 0 Å². The fraction of sp³-hybridized carbons (Fsp3) is 0.136. The number of rotatable bonds is 5. The maximum atomic E-state index is 13.3. The van der Waals surface area contributed by atoms with Crippen molar-refractivity contribution < 1.29 is 9.18 Å². The van der Waals surface area contributed by atoms with E-state index in [1.54, 1.807) is 4.57 Å². The number of fused-ring (bicyclic) bond motifs is 1. The second-order valence-electron chi connectivity index (χ2n) is 6.55. The number of aromatic nitrogens is 2. The molecule has 0 atom stereocenters. The van der Waals surface area contributed by atoms with Crippen molar-refractivity contribution in [2.75, 3.05) is 5.75 Å². The monoisotopic (exact) mass is 424 g/mol. The summed E-state index contributed by atoms with van der Waals surface area (Å²) in [7, 11) is 0. The fourth-order valence-corrected chi connectivity index (χ4v) is 5.00. The number of para-hydroxylation sites is 1. The molecule has 4 nitrogen and oxygen atoms in total. The third-order valence-electron chi connectivity index (χ3n) is 4.69. The number of Topliss-reactive ketones (excluding diaryl/α,β-unsaturated/α-hetero) is 1. The minimum absolute atomic E-state index is 0.0970. The molecule has 2 heterocycles. The molecule has 0 aliphatic heterocycles. The molecule has 0 fully saturated rings. The molecule has 2 aromatic carbocycles. The van der Waals surface area contributed by atoms with Gasteiger partial charge >= 0.3 is 0 Å². The number of thiophene rings is 1. The van der Waals surface area contributed by atoms with E-state index in [0.717, 1.165) is 10.4 Å². The van der Waals surface area contributed by atoms with E-state index in [4.69, 9.17) is 4.98 Å². The number of carbonyl (C=O) groups excluding carboxylic acids is 1. The Labute approximate surface area is 175 Å². The maximum absolute atomic E-state index is 13.3. The standard InChI is InChI=1S/C22H17FN2O2S2/c1-13-14(2)29-20-19(13)21(27)25(17-6-4-3-5-7-17)22(24-20)28-12-18(26)15-8-10-16(23)11-9-15/h3-11H,12H2,1-2H3. The summed E-state index contributed by atoms with van der Waals surface area (Å²) in [5.41, 5.74) is 1.93. The van der Waals surface area contributed by atoms with Crippen molar-refractivity contribution in [1.29, 1.82) is 0 Å². The number of nitrogens with zero attached hydrogens (tertiary/aromatic N) is 2. The molecule has 0 aliphatic rings. The summed E-state index contributed by atoms with van der Waals surface area (Å²) in [5.74, 6) is -0.440. The first-order chi connectivity index (χ1) is 14.0. The van der Waals surface area contributed by atoms with Gasteiger partial charge in [0.2, 0.25) is 0 Å². The van der Waals surface area contributed by atoms with Gasteiger partial charge in [-0.25, -0.2) is 9.37 Å². The summed E-state index contributed by atoms with van der Waals surface area (Å²) in [6.45, 7) is 3.90. The zero-order chi connectivity index (χ0) is 20.5. The highest BCUT2D eigenvalue weighted by atomic mass is 32.2. The van der Waals surface area contributed by atoms with Crippen molar-refractivity contribution in [2.45, 2.75) is 19.0 Å². The van der Waals surface area contributed by atoms with Gasteiger partial charge in [0.15, 0.2) is 10.9 Å². The fourth-order valence-electron chi connectivity index (χ4n) is 3.03. The van der Waals surface area contributed by atoms with Crippen LogP contribution in [0.4, 0.5) is 4.39 Å². The molecule has 0 bridgehead atoms. The molecular weight excluding hydrogens is 407 g/mol. The average Bonchev–Trinajstić information content (AvgIpc) is 3.01. The van der Waals surface area contributed by atoms with Gasteiger partial charge < -0.3 is 0 Å². The van der Waals surface area contributed by atoms with Gasteiger partial charge in [-0.15, -0.1) is 11.3 Å². The van der Waals surface area contributed by atoms with Crippen molar-refractivity contribution in [1.82, 2.24) is 9.55 Å². The molecule has 0 spiro atoms. The summed E-state index contributed by atoms with van der Waals surface area (Å²) in [5, 5.41) is 1.08. The van der Waals surface area contributed by atoms with Crippen LogP contribution in [0.25, 0.3) is 15.9 Å². The maximum Gasteiger partial charge on any atom is 0.267 e. The first kappa shape index (κ1) is 19.5. The van der Waals surface area contributed by atoms with Crippen LogP contribution in [0, 0.1) is 19.7 Å². The number of carbonyl (C=O) groups is 1. The molecule has 0 radical (unpaired) electrons. The Kier molecular flexibility index (Phi) is 5.34. The molecule has 146 valence electrons. The molecule has 0 aliphatic carbocycles. The van der Waals surface area contributed by atoms with Crippen molar-refractivity contribution in [2.24, 2.45) is 0 Å². The minimum Gasteiger partial charge on any atom is -0.293 e. The largest absolute Gasteiger partial charge is 0.293 e. The second-order valence-corrected chi connectivity index (χ2v) is 8.70. The molecule has 0 saturated heterocycles. The molecule has 29 heavy (non-hydrogen) atoms. The molecule has 0 amide bonds. The lowest BCUT2D eigenvalue weighted by Crippen LogP contribution is -2.22. The molecule has 2 aromatic heterocycles. The van der Waals surface area contributed by atoms with E-state index in [1.807, 2.05) is 44.2 Å².